The Morgan fingerprint density at radius 2 is 2.07 bits per heavy atom. The fraction of sp³-hybridized carbons (Fsp3) is 0.190. The molecule has 0 aliphatic rings. The van der Waals surface area contributed by atoms with E-state index in [1.165, 1.54) is 11.8 Å². The van der Waals surface area contributed by atoms with Gasteiger partial charge < -0.3 is 10.1 Å². The lowest BCUT2D eigenvalue weighted by atomic mass is 10.2. The average molecular weight is 473 g/mol. The van der Waals surface area contributed by atoms with E-state index in [-0.39, 0.29) is 11.7 Å². The number of carbonyl (C=O) groups excluding carboxylic acids is 1. The number of nitrogens with zero attached hydrogens (tertiary/aromatic N) is 3. The van der Waals surface area contributed by atoms with E-state index in [0.29, 0.717) is 11.7 Å². The minimum Gasteiger partial charge on any atom is -0.497 e. The molecule has 1 N–H and O–H groups in total. The molecule has 0 unspecified atom stereocenters. The van der Waals surface area contributed by atoms with Crippen molar-refractivity contribution in [2.24, 2.45) is 0 Å². The third kappa shape index (κ3) is 5.48. The Balaban J connectivity index is 1.68. The van der Waals surface area contributed by atoms with Gasteiger partial charge in [0.15, 0.2) is 5.82 Å². The monoisotopic (exact) mass is 472 g/mol. The largest absolute Gasteiger partial charge is 0.497 e. The molecule has 0 bridgehead atoms. The lowest BCUT2D eigenvalue weighted by Gasteiger charge is -2.09. The highest BCUT2D eigenvalue weighted by Crippen LogP contribution is 2.25. The van der Waals surface area contributed by atoms with Gasteiger partial charge in [-0.3, -0.25) is 4.79 Å². The summed E-state index contributed by atoms with van der Waals surface area (Å²) in [5.41, 5.74) is 2.65. The first-order chi connectivity index (χ1) is 14.0. The topological polar surface area (TPSA) is 69.0 Å². The number of halogens is 1. The first-order valence-corrected chi connectivity index (χ1v) is 10.7. The molecule has 0 saturated heterocycles. The number of anilines is 1. The Labute approximate surface area is 182 Å². The lowest BCUT2D eigenvalue weighted by Crippen LogP contribution is -2.15. The number of ether oxygens (including phenoxy) is 1. The number of benzene rings is 2. The van der Waals surface area contributed by atoms with E-state index in [2.05, 4.69) is 37.9 Å². The number of hydrogen-bond acceptors (Lipinski definition) is 5. The number of nitrogens with one attached hydrogen (secondary N) is 1. The predicted octanol–water partition coefficient (Wildman–Crippen LogP) is 4.94. The van der Waals surface area contributed by atoms with Crippen LogP contribution in [0.15, 0.2) is 64.7 Å². The fourth-order valence-corrected chi connectivity index (χ4v) is 3.57. The molecule has 1 amide bonds. The standard InChI is InChI=1S/C21H21BrN4O2S/c1-4-11-26-20(15-5-7-16(22)8-6-15)24-21(25-26)29-13-19(27)23-18-10-9-17(28-3)12-14(18)2/h4-10,12H,1,11,13H2,2-3H3,(H,23,27). The minimum absolute atomic E-state index is 0.117. The van der Waals surface area contributed by atoms with Crippen LogP contribution in [-0.4, -0.2) is 33.5 Å². The molecule has 1 aromatic heterocycles. The molecule has 0 aliphatic carbocycles. The van der Waals surface area contributed by atoms with Crippen molar-refractivity contribution in [3.63, 3.8) is 0 Å². The lowest BCUT2D eigenvalue weighted by molar-refractivity contribution is -0.113. The number of rotatable bonds is 8. The molecule has 1 heterocycles. The van der Waals surface area contributed by atoms with Crippen molar-refractivity contribution in [1.29, 1.82) is 0 Å². The van der Waals surface area contributed by atoms with Crippen LogP contribution >= 0.6 is 27.7 Å². The van der Waals surface area contributed by atoms with E-state index < -0.39 is 0 Å². The highest BCUT2D eigenvalue weighted by molar-refractivity contribution is 9.10. The molecule has 0 saturated carbocycles. The van der Waals surface area contributed by atoms with Gasteiger partial charge in [0, 0.05) is 15.7 Å². The van der Waals surface area contributed by atoms with Gasteiger partial charge in [-0.05, 0) is 42.8 Å². The predicted molar refractivity (Wildman–Crippen MR) is 120 cm³/mol. The van der Waals surface area contributed by atoms with E-state index in [1.807, 2.05) is 49.4 Å². The van der Waals surface area contributed by atoms with Crippen molar-refractivity contribution in [3.8, 4) is 17.1 Å². The minimum atomic E-state index is -0.117. The summed E-state index contributed by atoms with van der Waals surface area (Å²) >= 11 is 4.74. The number of aromatic nitrogens is 3. The van der Waals surface area contributed by atoms with E-state index in [4.69, 9.17) is 4.74 Å². The number of aryl methyl sites for hydroxylation is 1. The fourth-order valence-electron chi connectivity index (χ4n) is 2.66. The molecule has 3 aromatic rings. The highest BCUT2D eigenvalue weighted by atomic mass is 79.9. The molecule has 150 valence electrons. The van der Waals surface area contributed by atoms with Crippen LogP contribution in [-0.2, 0) is 11.3 Å². The molecule has 0 radical (unpaired) electrons. The van der Waals surface area contributed by atoms with Crippen molar-refractivity contribution in [1.82, 2.24) is 14.8 Å². The normalized spacial score (nSPS) is 10.6. The van der Waals surface area contributed by atoms with Crippen LogP contribution in [0.2, 0.25) is 0 Å². The van der Waals surface area contributed by atoms with Crippen LogP contribution in [0, 0.1) is 6.92 Å². The van der Waals surface area contributed by atoms with Crippen LogP contribution in [0.1, 0.15) is 5.56 Å². The van der Waals surface area contributed by atoms with Crippen LogP contribution in [0.3, 0.4) is 0 Å². The number of methoxy groups -OCH3 is 1. The molecule has 8 heteroatoms. The zero-order chi connectivity index (χ0) is 20.8. The second kappa shape index (κ2) is 9.76. The maximum atomic E-state index is 12.4. The maximum Gasteiger partial charge on any atom is 0.234 e. The van der Waals surface area contributed by atoms with Gasteiger partial charge in [0.2, 0.25) is 11.1 Å². The second-order valence-corrected chi connectivity index (χ2v) is 8.07. The van der Waals surface area contributed by atoms with Gasteiger partial charge in [-0.2, -0.15) is 0 Å². The summed E-state index contributed by atoms with van der Waals surface area (Å²) in [6.07, 6.45) is 1.77. The Morgan fingerprint density at radius 1 is 1.31 bits per heavy atom. The summed E-state index contributed by atoms with van der Waals surface area (Å²) in [6.45, 7) is 6.24. The molecule has 6 nitrogen and oxygen atoms in total. The molecule has 0 fully saturated rings. The zero-order valence-electron chi connectivity index (χ0n) is 16.2. The van der Waals surface area contributed by atoms with Crippen LogP contribution in [0.25, 0.3) is 11.4 Å². The van der Waals surface area contributed by atoms with Gasteiger partial charge in [0.05, 0.1) is 19.4 Å². The number of thioether (sulfide) groups is 1. The van der Waals surface area contributed by atoms with Gasteiger partial charge in [0.1, 0.15) is 5.75 Å². The highest BCUT2D eigenvalue weighted by Gasteiger charge is 2.14. The van der Waals surface area contributed by atoms with Gasteiger partial charge in [0.25, 0.3) is 0 Å². The molecule has 0 spiro atoms. The van der Waals surface area contributed by atoms with Crippen molar-refractivity contribution in [3.05, 3.63) is 65.2 Å². The SMILES string of the molecule is C=CCn1nc(SCC(=O)Nc2ccc(OC)cc2C)nc1-c1ccc(Br)cc1. The molecule has 3 rings (SSSR count). The molecular formula is C21H21BrN4O2S. The molecule has 2 aromatic carbocycles. The summed E-state index contributed by atoms with van der Waals surface area (Å²) < 4.78 is 7.97. The average Bonchev–Trinajstić information content (AvgIpc) is 3.11. The quantitative estimate of drug-likeness (QED) is 0.371. The van der Waals surface area contributed by atoms with Gasteiger partial charge in [-0.25, -0.2) is 9.67 Å². The number of allylic oxidation sites excluding steroid dienone is 1. The third-order valence-electron chi connectivity index (χ3n) is 4.10. The molecule has 29 heavy (non-hydrogen) atoms. The molecular weight excluding hydrogens is 452 g/mol. The zero-order valence-corrected chi connectivity index (χ0v) is 18.6. The molecule has 0 aliphatic heterocycles. The smallest absolute Gasteiger partial charge is 0.234 e. The summed E-state index contributed by atoms with van der Waals surface area (Å²) in [4.78, 5) is 17.0. The second-order valence-electron chi connectivity index (χ2n) is 6.21. The number of carbonyl (C=O) groups is 1. The third-order valence-corrected chi connectivity index (χ3v) is 5.46. The van der Waals surface area contributed by atoms with E-state index in [1.54, 1.807) is 17.9 Å². The van der Waals surface area contributed by atoms with Gasteiger partial charge in [-0.1, -0.05) is 45.9 Å². The van der Waals surface area contributed by atoms with Crippen molar-refractivity contribution in [2.75, 3.05) is 18.2 Å². The van der Waals surface area contributed by atoms with Crippen LogP contribution < -0.4 is 10.1 Å². The molecule has 0 atom stereocenters. The maximum absolute atomic E-state index is 12.4. The first-order valence-electron chi connectivity index (χ1n) is 8.89. The number of hydrogen-bond donors (Lipinski definition) is 1. The van der Waals surface area contributed by atoms with Crippen LogP contribution in [0.5, 0.6) is 5.75 Å². The van der Waals surface area contributed by atoms with Crippen molar-refractivity contribution in [2.45, 2.75) is 18.6 Å². The Kier molecular flexibility index (Phi) is 7.11. The Morgan fingerprint density at radius 3 is 2.72 bits per heavy atom. The van der Waals surface area contributed by atoms with E-state index in [0.717, 1.165) is 32.9 Å². The van der Waals surface area contributed by atoms with Gasteiger partial charge in [-0.15, -0.1) is 11.7 Å². The summed E-state index contributed by atoms with van der Waals surface area (Å²) in [5.74, 6) is 1.59. The Bertz CT molecular complexity index is 1020. The van der Waals surface area contributed by atoms with Crippen LogP contribution in [0.4, 0.5) is 5.69 Å². The summed E-state index contributed by atoms with van der Waals surface area (Å²) in [5, 5.41) is 7.97. The van der Waals surface area contributed by atoms with E-state index >= 15 is 0 Å². The first kappa shape index (κ1) is 21.1. The summed E-state index contributed by atoms with van der Waals surface area (Å²) in [7, 11) is 1.62. The van der Waals surface area contributed by atoms with Gasteiger partial charge >= 0.3 is 0 Å². The van der Waals surface area contributed by atoms with E-state index in [9.17, 15) is 4.79 Å². The van der Waals surface area contributed by atoms with Crippen molar-refractivity contribution >= 4 is 39.3 Å². The van der Waals surface area contributed by atoms with Crippen molar-refractivity contribution < 1.29 is 9.53 Å². The number of amides is 1. The Hall–Kier alpha value is -2.58. The summed E-state index contributed by atoms with van der Waals surface area (Å²) in [6, 6.07) is 13.4.